The van der Waals surface area contributed by atoms with Crippen LogP contribution in [0, 0.1) is 23.7 Å². The van der Waals surface area contributed by atoms with E-state index in [1.165, 1.54) is 44.2 Å². The zero-order valence-electron chi connectivity index (χ0n) is 17.0. The number of ether oxygens (including phenoxy) is 1. The number of alkyl halides is 3. The third-order valence-corrected chi connectivity index (χ3v) is 7.67. The SMILES string of the molecule is O=C(CC1CN(c2ccc(C(F)(F)F)cc2)CCO1)NC1C2CC3CC(C2)CC1C3. The number of anilines is 1. The molecule has 1 amide bonds. The van der Waals surface area contributed by atoms with E-state index in [1.807, 2.05) is 4.90 Å². The van der Waals surface area contributed by atoms with Crippen molar-refractivity contribution in [1.82, 2.24) is 5.32 Å². The van der Waals surface area contributed by atoms with E-state index in [9.17, 15) is 18.0 Å². The van der Waals surface area contributed by atoms with Gasteiger partial charge in [0.15, 0.2) is 0 Å². The lowest BCUT2D eigenvalue weighted by molar-refractivity contribution is -0.137. The zero-order valence-corrected chi connectivity index (χ0v) is 17.0. The molecule has 1 atom stereocenters. The standard InChI is InChI=1S/C23H29F3N2O2/c24-23(25,26)18-1-3-19(4-2-18)28-5-6-30-20(13-28)12-21(29)27-22-16-8-14-7-15(10-16)11-17(22)9-14/h1-4,14-17,20,22H,5-13H2,(H,27,29). The summed E-state index contributed by atoms with van der Waals surface area (Å²) in [6, 6.07) is 5.54. The maximum atomic E-state index is 12.8. The minimum atomic E-state index is -4.33. The van der Waals surface area contributed by atoms with Crippen LogP contribution < -0.4 is 10.2 Å². The van der Waals surface area contributed by atoms with Gasteiger partial charge in [0, 0.05) is 24.8 Å². The molecular formula is C23H29F3N2O2. The lowest BCUT2D eigenvalue weighted by Gasteiger charge is -2.54. The molecule has 5 aliphatic rings. The van der Waals surface area contributed by atoms with Gasteiger partial charge in [-0.1, -0.05) is 0 Å². The van der Waals surface area contributed by atoms with Gasteiger partial charge in [-0.15, -0.1) is 0 Å². The number of benzene rings is 1. The van der Waals surface area contributed by atoms with Gasteiger partial charge in [-0.2, -0.15) is 13.2 Å². The Hall–Kier alpha value is -1.76. The number of hydrogen-bond acceptors (Lipinski definition) is 3. The van der Waals surface area contributed by atoms with Gasteiger partial charge in [-0.25, -0.2) is 0 Å². The largest absolute Gasteiger partial charge is 0.416 e. The summed E-state index contributed by atoms with van der Waals surface area (Å²) in [5, 5.41) is 3.33. The van der Waals surface area contributed by atoms with Crippen molar-refractivity contribution in [2.45, 2.75) is 56.8 Å². The van der Waals surface area contributed by atoms with E-state index in [1.54, 1.807) is 0 Å². The van der Waals surface area contributed by atoms with Crippen molar-refractivity contribution in [3.8, 4) is 0 Å². The molecule has 0 spiro atoms. The predicted octanol–water partition coefficient (Wildman–Crippen LogP) is 4.24. The summed E-state index contributed by atoms with van der Waals surface area (Å²) in [5.41, 5.74) is 0.0869. The van der Waals surface area contributed by atoms with Crippen LogP contribution in [-0.4, -0.2) is 37.7 Å². The summed E-state index contributed by atoms with van der Waals surface area (Å²) >= 11 is 0. The molecule has 164 valence electrons. The Labute approximate surface area is 175 Å². The Kier molecular flexibility index (Phi) is 5.20. The summed E-state index contributed by atoms with van der Waals surface area (Å²) < 4.78 is 44.2. The van der Waals surface area contributed by atoms with E-state index in [-0.39, 0.29) is 12.0 Å². The van der Waals surface area contributed by atoms with Crippen molar-refractivity contribution >= 4 is 11.6 Å². The van der Waals surface area contributed by atoms with Crippen molar-refractivity contribution in [2.75, 3.05) is 24.6 Å². The molecule has 4 nitrogen and oxygen atoms in total. The second kappa shape index (κ2) is 7.74. The van der Waals surface area contributed by atoms with Crippen LogP contribution in [0.4, 0.5) is 18.9 Å². The number of carbonyl (C=O) groups is 1. The number of halogens is 3. The molecule has 1 saturated heterocycles. The average molecular weight is 422 g/mol. The lowest BCUT2D eigenvalue weighted by atomic mass is 9.54. The van der Waals surface area contributed by atoms with Crippen molar-refractivity contribution in [3.63, 3.8) is 0 Å². The molecule has 0 radical (unpaired) electrons. The maximum Gasteiger partial charge on any atom is 0.416 e. The molecule has 1 N–H and O–H groups in total. The number of amides is 1. The molecule has 30 heavy (non-hydrogen) atoms. The summed E-state index contributed by atoms with van der Waals surface area (Å²) in [6.07, 6.45) is 2.18. The van der Waals surface area contributed by atoms with Crippen molar-refractivity contribution in [3.05, 3.63) is 29.8 Å². The summed E-state index contributed by atoms with van der Waals surface area (Å²) in [6.45, 7) is 1.59. The van der Waals surface area contributed by atoms with Crippen LogP contribution in [0.15, 0.2) is 24.3 Å². The quantitative estimate of drug-likeness (QED) is 0.789. The molecule has 1 aromatic carbocycles. The highest BCUT2D eigenvalue weighted by atomic mass is 19.4. The molecule has 4 saturated carbocycles. The fourth-order valence-electron chi connectivity index (χ4n) is 6.55. The number of nitrogens with one attached hydrogen (secondary N) is 1. The maximum absolute atomic E-state index is 12.8. The summed E-state index contributed by atoms with van der Waals surface area (Å²) in [7, 11) is 0. The molecule has 1 unspecified atom stereocenters. The fraction of sp³-hybridized carbons (Fsp3) is 0.696. The molecule has 4 bridgehead atoms. The Morgan fingerprint density at radius 2 is 1.67 bits per heavy atom. The highest BCUT2D eigenvalue weighted by Crippen LogP contribution is 2.53. The third-order valence-electron chi connectivity index (χ3n) is 7.67. The van der Waals surface area contributed by atoms with Gasteiger partial charge in [0.2, 0.25) is 5.91 Å². The van der Waals surface area contributed by atoms with Crippen LogP contribution >= 0.6 is 0 Å². The van der Waals surface area contributed by atoms with E-state index in [4.69, 9.17) is 4.74 Å². The second-order valence-electron chi connectivity index (χ2n) is 9.71. The second-order valence-corrected chi connectivity index (χ2v) is 9.71. The van der Waals surface area contributed by atoms with E-state index in [0.29, 0.717) is 44.0 Å². The van der Waals surface area contributed by atoms with E-state index in [2.05, 4.69) is 5.32 Å². The van der Waals surface area contributed by atoms with Crippen molar-refractivity contribution < 1.29 is 22.7 Å². The van der Waals surface area contributed by atoms with Crippen LogP contribution in [-0.2, 0) is 15.7 Å². The van der Waals surface area contributed by atoms with Gasteiger partial charge < -0.3 is 15.0 Å². The monoisotopic (exact) mass is 422 g/mol. The Balaban J connectivity index is 1.16. The van der Waals surface area contributed by atoms with Crippen LogP contribution in [0.25, 0.3) is 0 Å². The third kappa shape index (κ3) is 4.05. The molecule has 0 aromatic heterocycles. The number of morpholine rings is 1. The lowest BCUT2D eigenvalue weighted by Crippen LogP contribution is -2.56. The van der Waals surface area contributed by atoms with Gasteiger partial charge >= 0.3 is 6.18 Å². The molecule has 6 rings (SSSR count). The molecular weight excluding hydrogens is 393 g/mol. The average Bonchev–Trinajstić information content (AvgIpc) is 2.70. The topological polar surface area (TPSA) is 41.6 Å². The van der Waals surface area contributed by atoms with Crippen LogP contribution in [0.1, 0.15) is 44.1 Å². The number of carbonyl (C=O) groups excluding carboxylic acids is 1. The normalized spacial score (nSPS) is 35.5. The molecule has 5 fully saturated rings. The first-order valence-corrected chi connectivity index (χ1v) is 11.2. The zero-order chi connectivity index (χ0) is 20.9. The summed E-state index contributed by atoms with van der Waals surface area (Å²) in [4.78, 5) is 14.8. The minimum Gasteiger partial charge on any atom is -0.374 e. The number of rotatable bonds is 4. The Morgan fingerprint density at radius 3 is 2.27 bits per heavy atom. The molecule has 4 aliphatic carbocycles. The molecule has 7 heteroatoms. The Bertz CT molecular complexity index is 752. The fourth-order valence-corrected chi connectivity index (χ4v) is 6.55. The highest BCUT2D eigenvalue weighted by molar-refractivity contribution is 5.77. The predicted molar refractivity (Wildman–Crippen MR) is 107 cm³/mol. The van der Waals surface area contributed by atoms with E-state index < -0.39 is 11.7 Å². The van der Waals surface area contributed by atoms with Crippen LogP contribution in [0.2, 0.25) is 0 Å². The van der Waals surface area contributed by atoms with Crippen LogP contribution in [0.3, 0.4) is 0 Å². The van der Waals surface area contributed by atoms with Gasteiger partial charge in [-0.3, -0.25) is 4.79 Å². The van der Waals surface area contributed by atoms with Crippen LogP contribution in [0.5, 0.6) is 0 Å². The summed E-state index contributed by atoms with van der Waals surface area (Å²) in [5.74, 6) is 3.08. The van der Waals surface area contributed by atoms with Gasteiger partial charge in [-0.05, 0) is 80.0 Å². The van der Waals surface area contributed by atoms with Crippen molar-refractivity contribution in [1.29, 1.82) is 0 Å². The van der Waals surface area contributed by atoms with Gasteiger partial charge in [0.25, 0.3) is 0 Å². The van der Waals surface area contributed by atoms with Gasteiger partial charge in [0.05, 0.1) is 24.7 Å². The first-order valence-electron chi connectivity index (χ1n) is 11.2. The number of hydrogen-bond donors (Lipinski definition) is 1. The van der Waals surface area contributed by atoms with E-state index >= 15 is 0 Å². The Morgan fingerprint density at radius 1 is 1.03 bits per heavy atom. The van der Waals surface area contributed by atoms with Crippen molar-refractivity contribution in [2.24, 2.45) is 23.7 Å². The molecule has 1 heterocycles. The smallest absolute Gasteiger partial charge is 0.374 e. The highest BCUT2D eigenvalue weighted by Gasteiger charge is 2.48. The number of nitrogens with zero attached hydrogens (tertiary/aromatic N) is 1. The minimum absolute atomic E-state index is 0.0479. The molecule has 1 aromatic rings. The first-order chi connectivity index (χ1) is 14.3. The van der Waals surface area contributed by atoms with Gasteiger partial charge in [0.1, 0.15) is 0 Å². The molecule has 1 aliphatic heterocycles. The first kappa shape index (κ1) is 20.2. The van der Waals surface area contributed by atoms with E-state index in [0.717, 1.165) is 29.7 Å².